The zero-order valence-corrected chi connectivity index (χ0v) is 12.0. The zero-order valence-electron chi connectivity index (χ0n) is 12.0. The predicted molar refractivity (Wildman–Crippen MR) is 79.7 cm³/mol. The summed E-state index contributed by atoms with van der Waals surface area (Å²) in [4.78, 5) is 22.2. The number of non-ortho nitro benzene ring substituents is 1. The number of hydrogen-bond acceptors (Lipinski definition) is 4. The van der Waals surface area contributed by atoms with Gasteiger partial charge in [0.05, 0.1) is 4.92 Å². The first-order chi connectivity index (χ1) is 10.1. The number of nitrogens with one attached hydrogen (secondary N) is 1. The second-order valence-corrected chi connectivity index (χ2v) is 5.53. The van der Waals surface area contributed by atoms with Crippen LogP contribution in [0.5, 0.6) is 0 Å². The maximum atomic E-state index is 12.0. The molecule has 1 aromatic rings. The summed E-state index contributed by atoms with van der Waals surface area (Å²) < 4.78 is 0. The van der Waals surface area contributed by atoms with Gasteiger partial charge in [-0.1, -0.05) is 18.6 Å². The fourth-order valence-electron chi connectivity index (χ4n) is 2.87. The lowest BCUT2D eigenvalue weighted by atomic mass is 10.0. The molecule has 0 heterocycles. The van der Waals surface area contributed by atoms with Crippen LogP contribution in [-0.4, -0.2) is 23.4 Å². The van der Waals surface area contributed by atoms with E-state index in [4.69, 9.17) is 5.73 Å². The van der Waals surface area contributed by atoms with Crippen LogP contribution >= 0.6 is 0 Å². The number of amides is 1. The van der Waals surface area contributed by atoms with Crippen molar-refractivity contribution in [1.82, 2.24) is 5.32 Å². The van der Waals surface area contributed by atoms with Crippen LogP contribution in [0.1, 0.15) is 31.2 Å². The Morgan fingerprint density at radius 1 is 1.43 bits per heavy atom. The molecule has 2 rings (SSSR count). The van der Waals surface area contributed by atoms with Gasteiger partial charge in [-0.3, -0.25) is 14.9 Å². The van der Waals surface area contributed by atoms with Crippen molar-refractivity contribution in [3.05, 3.63) is 39.9 Å². The molecule has 0 spiro atoms. The van der Waals surface area contributed by atoms with Crippen molar-refractivity contribution in [2.75, 3.05) is 6.54 Å². The van der Waals surface area contributed by atoms with Gasteiger partial charge in [0, 0.05) is 24.6 Å². The predicted octanol–water partition coefficient (Wildman–Crippen LogP) is 1.77. The van der Waals surface area contributed by atoms with E-state index in [0.717, 1.165) is 24.8 Å². The molecule has 1 saturated carbocycles. The van der Waals surface area contributed by atoms with Crippen molar-refractivity contribution in [2.45, 2.75) is 38.1 Å². The van der Waals surface area contributed by atoms with Crippen LogP contribution in [-0.2, 0) is 11.2 Å². The Morgan fingerprint density at radius 2 is 2.24 bits per heavy atom. The molecule has 1 aromatic carbocycles. The number of carbonyl (C=O) groups excluding carboxylic acids is 1. The van der Waals surface area contributed by atoms with Crippen LogP contribution in [0.15, 0.2) is 24.3 Å². The normalized spacial score (nSPS) is 21.2. The SMILES string of the molecule is NCC1CCCC1NC(=O)CCc1cccc([N+](=O)[O-])c1. The molecule has 2 atom stereocenters. The fraction of sp³-hybridized carbons (Fsp3) is 0.533. The topological polar surface area (TPSA) is 98.3 Å². The maximum absolute atomic E-state index is 12.0. The molecule has 3 N–H and O–H groups in total. The molecule has 6 heteroatoms. The van der Waals surface area contributed by atoms with Gasteiger partial charge in [-0.2, -0.15) is 0 Å². The van der Waals surface area contributed by atoms with Crippen LogP contribution in [0.3, 0.4) is 0 Å². The highest BCUT2D eigenvalue weighted by molar-refractivity contribution is 5.76. The highest BCUT2D eigenvalue weighted by Gasteiger charge is 2.27. The summed E-state index contributed by atoms with van der Waals surface area (Å²) in [7, 11) is 0. The van der Waals surface area contributed by atoms with Gasteiger partial charge in [0.2, 0.25) is 5.91 Å². The molecule has 0 aromatic heterocycles. The number of hydrogen-bond donors (Lipinski definition) is 2. The van der Waals surface area contributed by atoms with E-state index >= 15 is 0 Å². The van der Waals surface area contributed by atoms with E-state index < -0.39 is 4.92 Å². The minimum absolute atomic E-state index is 0.00754. The Hall–Kier alpha value is -1.95. The molecular formula is C15H21N3O3. The second kappa shape index (κ2) is 7.17. The molecule has 0 bridgehead atoms. The molecule has 0 saturated heterocycles. The van der Waals surface area contributed by atoms with Crippen molar-refractivity contribution >= 4 is 11.6 Å². The largest absolute Gasteiger partial charge is 0.353 e. The van der Waals surface area contributed by atoms with Crippen LogP contribution in [0.4, 0.5) is 5.69 Å². The number of nitrogens with zero attached hydrogens (tertiary/aromatic N) is 1. The van der Waals surface area contributed by atoms with Gasteiger partial charge in [-0.25, -0.2) is 0 Å². The third kappa shape index (κ3) is 4.26. The molecule has 0 aliphatic heterocycles. The molecule has 1 aliphatic carbocycles. The van der Waals surface area contributed by atoms with Crippen LogP contribution in [0, 0.1) is 16.0 Å². The molecule has 1 fully saturated rings. The first kappa shape index (κ1) is 15.4. The lowest BCUT2D eigenvalue weighted by molar-refractivity contribution is -0.384. The standard InChI is InChI=1S/C15H21N3O3/c16-10-12-4-2-6-14(12)17-15(19)8-7-11-3-1-5-13(9-11)18(20)21/h1,3,5,9,12,14H,2,4,6-8,10,16H2,(H,17,19). The molecule has 6 nitrogen and oxygen atoms in total. The molecule has 2 unspecified atom stereocenters. The molecule has 21 heavy (non-hydrogen) atoms. The molecule has 1 aliphatic rings. The van der Waals surface area contributed by atoms with E-state index in [2.05, 4.69) is 5.32 Å². The fourth-order valence-corrected chi connectivity index (χ4v) is 2.87. The zero-order chi connectivity index (χ0) is 15.2. The third-order valence-corrected chi connectivity index (χ3v) is 4.07. The smallest absolute Gasteiger partial charge is 0.269 e. The summed E-state index contributed by atoms with van der Waals surface area (Å²) in [5.41, 5.74) is 6.56. The quantitative estimate of drug-likeness (QED) is 0.616. The summed E-state index contributed by atoms with van der Waals surface area (Å²) in [5.74, 6) is 0.374. The Bertz CT molecular complexity index is 519. The van der Waals surface area contributed by atoms with Crippen LogP contribution in [0.25, 0.3) is 0 Å². The minimum Gasteiger partial charge on any atom is -0.353 e. The Morgan fingerprint density at radius 3 is 2.95 bits per heavy atom. The third-order valence-electron chi connectivity index (χ3n) is 4.07. The Kier molecular flexibility index (Phi) is 5.27. The van der Waals surface area contributed by atoms with Crippen molar-refractivity contribution in [2.24, 2.45) is 11.7 Å². The number of aryl methyl sites for hydroxylation is 1. The number of nitro benzene ring substituents is 1. The molecular weight excluding hydrogens is 270 g/mol. The van der Waals surface area contributed by atoms with Crippen molar-refractivity contribution < 1.29 is 9.72 Å². The van der Waals surface area contributed by atoms with Gasteiger partial charge in [0.1, 0.15) is 0 Å². The lowest BCUT2D eigenvalue weighted by Gasteiger charge is -2.19. The van der Waals surface area contributed by atoms with Crippen molar-refractivity contribution in [3.63, 3.8) is 0 Å². The van der Waals surface area contributed by atoms with Gasteiger partial charge in [-0.15, -0.1) is 0 Å². The van der Waals surface area contributed by atoms with Gasteiger partial charge in [-0.05, 0) is 37.3 Å². The second-order valence-electron chi connectivity index (χ2n) is 5.53. The number of benzene rings is 1. The van der Waals surface area contributed by atoms with E-state index in [1.54, 1.807) is 12.1 Å². The van der Waals surface area contributed by atoms with Gasteiger partial charge < -0.3 is 11.1 Å². The van der Waals surface area contributed by atoms with E-state index in [-0.39, 0.29) is 17.6 Å². The maximum Gasteiger partial charge on any atom is 0.269 e. The Labute approximate surface area is 123 Å². The van der Waals surface area contributed by atoms with Gasteiger partial charge >= 0.3 is 0 Å². The highest BCUT2D eigenvalue weighted by Crippen LogP contribution is 2.24. The molecule has 1 amide bonds. The van der Waals surface area contributed by atoms with E-state index in [1.165, 1.54) is 12.1 Å². The number of carbonyl (C=O) groups is 1. The number of nitro groups is 1. The summed E-state index contributed by atoms with van der Waals surface area (Å²) in [6.45, 7) is 0.607. The monoisotopic (exact) mass is 291 g/mol. The van der Waals surface area contributed by atoms with Crippen molar-refractivity contribution in [1.29, 1.82) is 0 Å². The number of rotatable bonds is 6. The summed E-state index contributed by atoms with van der Waals surface area (Å²) in [5, 5.41) is 13.7. The summed E-state index contributed by atoms with van der Waals surface area (Å²) in [6.07, 6.45) is 4.02. The Balaban J connectivity index is 1.84. The highest BCUT2D eigenvalue weighted by atomic mass is 16.6. The van der Waals surface area contributed by atoms with Crippen LogP contribution < -0.4 is 11.1 Å². The first-order valence-corrected chi connectivity index (χ1v) is 7.33. The minimum atomic E-state index is -0.423. The van der Waals surface area contributed by atoms with E-state index in [9.17, 15) is 14.9 Å². The van der Waals surface area contributed by atoms with Gasteiger partial charge in [0.15, 0.2) is 0 Å². The molecule has 114 valence electrons. The molecule has 0 radical (unpaired) electrons. The first-order valence-electron chi connectivity index (χ1n) is 7.33. The average Bonchev–Trinajstić information content (AvgIpc) is 2.92. The summed E-state index contributed by atoms with van der Waals surface area (Å²) in [6, 6.07) is 6.61. The summed E-state index contributed by atoms with van der Waals surface area (Å²) >= 11 is 0. The van der Waals surface area contributed by atoms with Gasteiger partial charge in [0.25, 0.3) is 5.69 Å². The van der Waals surface area contributed by atoms with Crippen LogP contribution in [0.2, 0.25) is 0 Å². The number of nitrogens with two attached hydrogens (primary N) is 1. The lowest BCUT2D eigenvalue weighted by Crippen LogP contribution is -2.39. The van der Waals surface area contributed by atoms with E-state index in [1.807, 2.05) is 0 Å². The van der Waals surface area contributed by atoms with E-state index in [0.29, 0.717) is 25.3 Å². The van der Waals surface area contributed by atoms with Crippen molar-refractivity contribution in [3.8, 4) is 0 Å². The average molecular weight is 291 g/mol.